The van der Waals surface area contributed by atoms with Crippen LogP contribution in [0.3, 0.4) is 0 Å². The van der Waals surface area contributed by atoms with E-state index in [2.05, 4.69) is 58.3 Å². The molecular formula is C64H62Cl2F6N2O3. The number of aryl methyl sites for hydroxylation is 1. The van der Waals surface area contributed by atoms with Crippen LogP contribution < -0.4 is 14.2 Å². The van der Waals surface area contributed by atoms with Crippen molar-refractivity contribution in [3.05, 3.63) is 266 Å². The van der Waals surface area contributed by atoms with Crippen molar-refractivity contribution >= 4 is 23.2 Å². The molecule has 0 N–H and O–H groups in total. The first-order valence-corrected chi connectivity index (χ1v) is 26.2. The van der Waals surface area contributed by atoms with E-state index in [0.717, 1.165) is 45.7 Å². The molecule has 0 spiro atoms. The van der Waals surface area contributed by atoms with Crippen LogP contribution in [-0.4, -0.2) is 56.3 Å². The lowest BCUT2D eigenvalue weighted by molar-refractivity contribution is -0.138. The van der Waals surface area contributed by atoms with Gasteiger partial charge in [-0.25, -0.2) is 0 Å². The minimum Gasteiger partial charge on any atom is -0.497 e. The predicted molar refractivity (Wildman–Crippen MR) is 297 cm³/mol. The van der Waals surface area contributed by atoms with Gasteiger partial charge in [0.25, 0.3) is 0 Å². The first-order chi connectivity index (χ1) is 37.2. The van der Waals surface area contributed by atoms with E-state index in [-0.39, 0.29) is 28.4 Å². The molecule has 0 bridgehead atoms. The Morgan fingerprint density at radius 1 is 0.429 bits per heavy atom. The van der Waals surface area contributed by atoms with E-state index in [0.29, 0.717) is 81.4 Å². The van der Waals surface area contributed by atoms with Crippen LogP contribution in [0.5, 0.6) is 17.2 Å². The van der Waals surface area contributed by atoms with Gasteiger partial charge >= 0.3 is 12.4 Å². The van der Waals surface area contributed by atoms with Gasteiger partial charge in [0.2, 0.25) is 0 Å². The highest BCUT2D eigenvalue weighted by molar-refractivity contribution is 6.32. The van der Waals surface area contributed by atoms with E-state index in [4.69, 9.17) is 37.4 Å². The Balaban J connectivity index is 0.000000224. The van der Waals surface area contributed by atoms with Gasteiger partial charge in [0.05, 0.1) is 41.5 Å². The largest absolute Gasteiger partial charge is 0.497 e. The van der Waals surface area contributed by atoms with Crippen molar-refractivity contribution < 1.29 is 40.6 Å². The SMILES string of the molecule is COc1cccc(OCCCN(Cc2cccc(C(F)(F)F)c2Cl)CC(c2ccccc2)c2ccccc2)c1.Cc1cccc(OCCCN(Cc2cccc(C(F)(F)F)c2Cl)CC(c2ccccc2)c2ccccc2)c1. The van der Waals surface area contributed by atoms with Crippen LogP contribution in [0.1, 0.15) is 74.7 Å². The summed E-state index contributed by atoms with van der Waals surface area (Å²) in [6, 6.07) is 64.2. The molecule has 13 heteroatoms. The molecule has 0 saturated carbocycles. The highest BCUT2D eigenvalue weighted by atomic mass is 35.5. The van der Waals surface area contributed by atoms with Gasteiger partial charge in [-0.05, 0) is 95.1 Å². The number of methoxy groups -OCH3 is 1. The number of hydrogen-bond donors (Lipinski definition) is 0. The number of hydrogen-bond acceptors (Lipinski definition) is 5. The third-order valence-corrected chi connectivity index (χ3v) is 13.9. The van der Waals surface area contributed by atoms with Crippen molar-refractivity contribution in [3.8, 4) is 17.2 Å². The fourth-order valence-corrected chi connectivity index (χ4v) is 9.80. The average molecular weight is 1090 g/mol. The zero-order valence-electron chi connectivity index (χ0n) is 43.0. The summed E-state index contributed by atoms with van der Waals surface area (Å²) in [6.45, 7) is 5.98. The lowest BCUT2D eigenvalue weighted by atomic mass is 9.90. The van der Waals surface area contributed by atoms with Gasteiger partial charge in [-0.3, -0.25) is 9.80 Å². The predicted octanol–water partition coefficient (Wildman–Crippen LogP) is 17.2. The lowest BCUT2D eigenvalue weighted by Gasteiger charge is -2.29. The Bertz CT molecular complexity index is 2940. The molecule has 77 heavy (non-hydrogen) atoms. The van der Waals surface area contributed by atoms with Gasteiger partial charge in [0.1, 0.15) is 17.2 Å². The zero-order valence-corrected chi connectivity index (χ0v) is 44.5. The molecule has 8 aromatic carbocycles. The van der Waals surface area contributed by atoms with Crippen molar-refractivity contribution in [1.82, 2.24) is 9.80 Å². The van der Waals surface area contributed by atoms with Crippen LogP contribution in [0, 0.1) is 6.92 Å². The van der Waals surface area contributed by atoms with E-state index in [1.54, 1.807) is 19.2 Å². The third-order valence-electron chi connectivity index (χ3n) is 13.1. The molecule has 0 unspecified atom stereocenters. The molecule has 8 rings (SSSR count). The first-order valence-electron chi connectivity index (χ1n) is 25.5. The summed E-state index contributed by atoms with van der Waals surface area (Å²) < 4.78 is 98.4. The molecule has 0 atom stereocenters. The van der Waals surface area contributed by atoms with E-state index < -0.39 is 23.5 Å². The molecule has 0 aliphatic carbocycles. The van der Waals surface area contributed by atoms with Gasteiger partial charge in [-0.1, -0.05) is 187 Å². The maximum Gasteiger partial charge on any atom is 0.417 e. The molecule has 402 valence electrons. The van der Waals surface area contributed by atoms with Crippen molar-refractivity contribution in [2.24, 2.45) is 0 Å². The summed E-state index contributed by atoms with van der Waals surface area (Å²) >= 11 is 12.6. The molecule has 0 saturated heterocycles. The summed E-state index contributed by atoms with van der Waals surface area (Å²) in [7, 11) is 1.60. The number of ether oxygens (including phenoxy) is 3. The molecule has 0 fully saturated rings. The van der Waals surface area contributed by atoms with E-state index in [1.165, 1.54) is 12.1 Å². The molecule has 0 aliphatic rings. The summed E-state index contributed by atoms with van der Waals surface area (Å²) in [5.41, 5.74) is 4.98. The Morgan fingerprint density at radius 3 is 1.14 bits per heavy atom. The summed E-state index contributed by atoms with van der Waals surface area (Å²) in [5, 5.41) is -0.490. The standard InChI is InChI=1S/C32H31ClF3NO2.C32H31ClF3NO/c1-38-27-16-9-17-28(21-27)39-20-10-19-37(22-26-15-8-18-30(31(26)33)32(34,35)36)23-29(24-11-4-2-5-12-24)25-13-6-3-7-14-25;1-24-11-8-17-28(21-24)38-20-10-19-37(22-27-16-9-18-30(31(27)33)32(34,35)36)23-29(25-12-4-2-5-13-25)26-14-6-3-7-15-26/h2-9,11-18,21,29H,10,19-20,22-23H2,1H3;2-9,11-18,21,29H,10,19-20,22-23H2,1H3. The van der Waals surface area contributed by atoms with Crippen LogP contribution >= 0.6 is 23.2 Å². The summed E-state index contributed by atoms with van der Waals surface area (Å²) in [4.78, 5) is 4.33. The molecule has 0 heterocycles. The molecule has 0 radical (unpaired) electrons. The highest BCUT2D eigenvalue weighted by Gasteiger charge is 2.35. The van der Waals surface area contributed by atoms with Gasteiger partial charge in [-0.2, -0.15) is 26.3 Å². The number of rotatable bonds is 23. The fourth-order valence-electron chi connectivity index (χ4n) is 9.21. The molecule has 5 nitrogen and oxygen atoms in total. The number of benzene rings is 8. The zero-order chi connectivity index (χ0) is 54.6. The number of nitrogens with zero attached hydrogens (tertiary/aromatic N) is 2. The van der Waals surface area contributed by atoms with Crippen molar-refractivity contribution in [1.29, 1.82) is 0 Å². The Hall–Kier alpha value is -6.76. The maximum atomic E-state index is 13.6. The molecule has 0 aromatic heterocycles. The van der Waals surface area contributed by atoms with Crippen molar-refractivity contribution in [2.45, 2.75) is 57.0 Å². The quantitative estimate of drug-likeness (QED) is 0.0471. The summed E-state index contributed by atoms with van der Waals surface area (Å²) in [6.07, 6.45) is -7.64. The smallest absolute Gasteiger partial charge is 0.417 e. The van der Waals surface area contributed by atoms with Gasteiger partial charge in [0.15, 0.2) is 0 Å². The minimum absolute atomic E-state index is 0.0243. The Morgan fingerprint density at radius 2 is 0.779 bits per heavy atom. The second-order valence-electron chi connectivity index (χ2n) is 18.7. The van der Waals surface area contributed by atoms with Crippen LogP contribution in [0.15, 0.2) is 206 Å². The van der Waals surface area contributed by atoms with Crippen LogP contribution in [-0.2, 0) is 25.4 Å². The molecule has 8 aromatic rings. The monoisotopic (exact) mass is 1090 g/mol. The maximum absolute atomic E-state index is 13.6. The number of alkyl halides is 6. The lowest BCUT2D eigenvalue weighted by Crippen LogP contribution is -2.31. The van der Waals surface area contributed by atoms with Crippen LogP contribution in [0.25, 0.3) is 0 Å². The topological polar surface area (TPSA) is 34.2 Å². The average Bonchev–Trinajstić information content (AvgIpc) is 3.43. The van der Waals surface area contributed by atoms with Crippen LogP contribution in [0.4, 0.5) is 26.3 Å². The fraction of sp³-hybridized carbons (Fsp3) is 0.250. The molecule has 0 aliphatic heterocycles. The van der Waals surface area contributed by atoms with Gasteiger partial charge < -0.3 is 14.2 Å². The first kappa shape index (κ1) is 57.9. The van der Waals surface area contributed by atoms with Crippen LogP contribution in [0.2, 0.25) is 10.0 Å². The van der Waals surface area contributed by atoms with Gasteiger partial charge in [-0.15, -0.1) is 0 Å². The number of halogens is 8. The highest BCUT2D eigenvalue weighted by Crippen LogP contribution is 2.39. The normalized spacial score (nSPS) is 11.7. The summed E-state index contributed by atoms with van der Waals surface area (Å²) in [5.74, 6) is 2.29. The van der Waals surface area contributed by atoms with E-state index in [1.807, 2.05) is 128 Å². The Labute approximate surface area is 458 Å². The van der Waals surface area contributed by atoms with Crippen molar-refractivity contribution in [3.63, 3.8) is 0 Å². The third kappa shape index (κ3) is 17.6. The second-order valence-corrected chi connectivity index (χ2v) is 19.4. The van der Waals surface area contributed by atoms with Gasteiger partial charge in [0, 0.05) is 57.2 Å². The minimum atomic E-state index is -4.51. The molecule has 0 amide bonds. The van der Waals surface area contributed by atoms with E-state index >= 15 is 0 Å². The molecular weight excluding hydrogens is 1030 g/mol. The second kappa shape index (κ2) is 28.6. The van der Waals surface area contributed by atoms with Crippen molar-refractivity contribution in [2.75, 3.05) is 46.5 Å². The van der Waals surface area contributed by atoms with E-state index in [9.17, 15) is 26.3 Å². The Kier molecular flexibility index (Phi) is 21.5.